The first-order valence-corrected chi connectivity index (χ1v) is 9.61. The van der Waals surface area contributed by atoms with Crippen LogP contribution in [0.15, 0.2) is 71.6 Å². The minimum atomic E-state index is -4.14. The Morgan fingerprint density at radius 3 is 1.89 bits per heavy atom. The molecule has 3 aromatic carbocycles. The second kappa shape index (κ2) is 6.17. The van der Waals surface area contributed by atoms with Gasteiger partial charge in [0.15, 0.2) is 11.6 Å². The molecule has 4 rings (SSSR count). The zero-order valence-corrected chi connectivity index (χ0v) is 15.1. The van der Waals surface area contributed by atoms with Gasteiger partial charge >= 0.3 is 10.1 Å². The standard InChI is InChI=1S/C21H14O5S/c1-13-6-8-14(9-7-13)26-27(24,25)15-10-11-18-19(12-15)21(23)17-5-3-2-4-16(17)20(18)22/h2-12H,1H3. The van der Waals surface area contributed by atoms with Crippen molar-refractivity contribution in [1.82, 2.24) is 0 Å². The molecule has 3 aromatic rings. The largest absolute Gasteiger partial charge is 0.379 e. The van der Waals surface area contributed by atoms with E-state index in [9.17, 15) is 18.0 Å². The van der Waals surface area contributed by atoms with Crippen molar-refractivity contribution in [2.24, 2.45) is 0 Å². The van der Waals surface area contributed by atoms with Gasteiger partial charge in [-0.05, 0) is 37.3 Å². The fraction of sp³-hybridized carbons (Fsp3) is 0.0476. The zero-order chi connectivity index (χ0) is 19.2. The third kappa shape index (κ3) is 2.94. The summed E-state index contributed by atoms with van der Waals surface area (Å²) >= 11 is 0. The van der Waals surface area contributed by atoms with Crippen LogP contribution in [0.2, 0.25) is 0 Å². The van der Waals surface area contributed by atoms with Gasteiger partial charge in [0.25, 0.3) is 0 Å². The number of carbonyl (C=O) groups is 2. The van der Waals surface area contributed by atoms with Gasteiger partial charge in [-0.2, -0.15) is 8.42 Å². The molecular formula is C21H14O5S. The summed E-state index contributed by atoms with van der Waals surface area (Å²) < 4.78 is 30.3. The first kappa shape index (κ1) is 17.2. The van der Waals surface area contributed by atoms with E-state index in [1.54, 1.807) is 48.5 Å². The van der Waals surface area contributed by atoms with Gasteiger partial charge in [-0.3, -0.25) is 9.59 Å². The summed E-state index contributed by atoms with van der Waals surface area (Å²) in [4.78, 5) is 25.2. The topological polar surface area (TPSA) is 77.5 Å². The molecule has 0 fully saturated rings. The molecule has 5 nitrogen and oxygen atoms in total. The van der Waals surface area contributed by atoms with Crippen LogP contribution in [0.1, 0.15) is 37.4 Å². The van der Waals surface area contributed by atoms with Crippen molar-refractivity contribution in [3.05, 3.63) is 94.5 Å². The highest BCUT2D eigenvalue weighted by Crippen LogP contribution is 2.29. The van der Waals surface area contributed by atoms with Gasteiger partial charge in [0, 0.05) is 22.3 Å². The van der Waals surface area contributed by atoms with Crippen molar-refractivity contribution in [3.8, 4) is 5.75 Å². The van der Waals surface area contributed by atoms with E-state index in [0.717, 1.165) is 5.56 Å². The average molecular weight is 378 g/mol. The van der Waals surface area contributed by atoms with Crippen LogP contribution in [0, 0.1) is 6.92 Å². The minimum absolute atomic E-state index is 0.0623. The molecule has 0 amide bonds. The number of carbonyl (C=O) groups excluding carboxylic acids is 2. The molecule has 0 unspecified atom stereocenters. The molecule has 0 N–H and O–H groups in total. The fourth-order valence-corrected chi connectivity index (χ4v) is 3.96. The van der Waals surface area contributed by atoms with Crippen LogP contribution in [0.5, 0.6) is 5.75 Å². The number of benzene rings is 3. The van der Waals surface area contributed by atoms with Gasteiger partial charge in [0.05, 0.1) is 0 Å². The van der Waals surface area contributed by atoms with Crippen LogP contribution in [-0.2, 0) is 10.1 Å². The monoisotopic (exact) mass is 378 g/mol. The van der Waals surface area contributed by atoms with Crippen molar-refractivity contribution in [2.75, 3.05) is 0 Å². The second-order valence-electron chi connectivity index (χ2n) is 6.26. The van der Waals surface area contributed by atoms with E-state index >= 15 is 0 Å². The first-order chi connectivity index (χ1) is 12.9. The number of hydrogen-bond acceptors (Lipinski definition) is 5. The van der Waals surface area contributed by atoms with Crippen LogP contribution in [0.4, 0.5) is 0 Å². The highest BCUT2D eigenvalue weighted by atomic mass is 32.2. The predicted molar refractivity (Wildman–Crippen MR) is 98.7 cm³/mol. The Kier molecular flexibility index (Phi) is 3.93. The molecular weight excluding hydrogens is 364 g/mol. The third-order valence-electron chi connectivity index (χ3n) is 4.41. The van der Waals surface area contributed by atoms with Crippen LogP contribution < -0.4 is 4.18 Å². The summed E-state index contributed by atoms with van der Waals surface area (Å²) in [6, 6.07) is 16.9. The Bertz CT molecular complexity index is 1190. The van der Waals surface area contributed by atoms with E-state index in [1.807, 2.05) is 6.92 Å². The summed E-state index contributed by atoms with van der Waals surface area (Å²) in [5.41, 5.74) is 1.81. The quantitative estimate of drug-likeness (QED) is 0.510. The Balaban J connectivity index is 1.75. The summed E-state index contributed by atoms with van der Waals surface area (Å²) in [5.74, 6) is -0.512. The third-order valence-corrected chi connectivity index (χ3v) is 5.66. The molecule has 1 aliphatic rings. The second-order valence-corrected chi connectivity index (χ2v) is 7.81. The maximum absolute atomic E-state index is 12.7. The molecule has 0 heterocycles. The summed E-state index contributed by atoms with van der Waals surface area (Å²) in [6.45, 7) is 1.88. The van der Waals surface area contributed by atoms with Gasteiger partial charge in [0.1, 0.15) is 10.6 Å². The molecule has 1 aliphatic carbocycles. The minimum Gasteiger partial charge on any atom is -0.379 e. The Labute approximate surface area is 156 Å². The Morgan fingerprint density at radius 1 is 0.704 bits per heavy atom. The molecule has 0 saturated carbocycles. The van der Waals surface area contributed by atoms with E-state index in [4.69, 9.17) is 4.18 Å². The number of hydrogen-bond donors (Lipinski definition) is 0. The molecule has 0 saturated heterocycles. The van der Waals surface area contributed by atoms with Crippen molar-refractivity contribution in [1.29, 1.82) is 0 Å². The SMILES string of the molecule is Cc1ccc(OS(=O)(=O)c2ccc3c(c2)C(=O)c2ccccc2C3=O)cc1. The zero-order valence-electron chi connectivity index (χ0n) is 14.3. The number of fused-ring (bicyclic) bond motifs is 2. The van der Waals surface area contributed by atoms with Gasteiger partial charge in [-0.15, -0.1) is 0 Å². The van der Waals surface area contributed by atoms with E-state index in [2.05, 4.69) is 0 Å². The molecule has 6 heteroatoms. The fourth-order valence-electron chi connectivity index (χ4n) is 3.00. The molecule has 0 aromatic heterocycles. The van der Waals surface area contributed by atoms with Gasteiger partial charge in [0.2, 0.25) is 0 Å². The van der Waals surface area contributed by atoms with Crippen molar-refractivity contribution < 1.29 is 22.2 Å². The summed E-state index contributed by atoms with van der Waals surface area (Å²) in [6.07, 6.45) is 0. The van der Waals surface area contributed by atoms with Crippen molar-refractivity contribution >= 4 is 21.7 Å². The van der Waals surface area contributed by atoms with Gasteiger partial charge < -0.3 is 4.18 Å². The van der Waals surface area contributed by atoms with Crippen molar-refractivity contribution in [2.45, 2.75) is 11.8 Å². The van der Waals surface area contributed by atoms with Crippen LogP contribution in [0.25, 0.3) is 0 Å². The lowest BCUT2D eigenvalue weighted by Gasteiger charge is -2.18. The van der Waals surface area contributed by atoms with E-state index in [0.29, 0.717) is 5.56 Å². The molecule has 0 spiro atoms. The number of ketones is 2. The smallest absolute Gasteiger partial charge is 0.339 e. The van der Waals surface area contributed by atoms with Gasteiger partial charge in [-0.25, -0.2) is 0 Å². The van der Waals surface area contributed by atoms with Gasteiger partial charge in [-0.1, -0.05) is 42.0 Å². The molecule has 0 aliphatic heterocycles. The highest BCUT2D eigenvalue weighted by molar-refractivity contribution is 7.87. The van der Waals surface area contributed by atoms with Crippen LogP contribution in [0.3, 0.4) is 0 Å². The highest BCUT2D eigenvalue weighted by Gasteiger charge is 2.31. The maximum atomic E-state index is 12.7. The normalized spacial score (nSPS) is 13.1. The molecule has 0 bridgehead atoms. The average Bonchev–Trinajstić information content (AvgIpc) is 2.67. The summed E-state index contributed by atoms with van der Waals surface area (Å²) in [7, 11) is -4.14. The van der Waals surface area contributed by atoms with E-state index in [1.165, 1.54) is 18.2 Å². The number of rotatable bonds is 3. The van der Waals surface area contributed by atoms with E-state index in [-0.39, 0.29) is 38.9 Å². The molecule has 27 heavy (non-hydrogen) atoms. The maximum Gasteiger partial charge on any atom is 0.339 e. The van der Waals surface area contributed by atoms with Crippen LogP contribution in [-0.4, -0.2) is 20.0 Å². The molecule has 134 valence electrons. The molecule has 0 radical (unpaired) electrons. The molecule has 0 atom stereocenters. The summed E-state index contributed by atoms with van der Waals surface area (Å²) in [5, 5.41) is 0. The van der Waals surface area contributed by atoms with Crippen LogP contribution >= 0.6 is 0 Å². The first-order valence-electron chi connectivity index (χ1n) is 8.20. The van der Waals surface area contributed by atoms with Crippen molar-refractivity contribution in [3.63, 3.8) is 0 Å². The lowest BCUT2D eigenvalue weighted by molar-refractivity contribution is 0.0979. The Morgan fingerprint density at radius 2 is 1.26 bits per heavy atom. The lowest BCUT2D eigenvalue weighted by atomic mass is 9.84. The lowest BCUT2D eigenvalue weighted by Crippen LogP contribution is -2.21. The predicted octanol–water partition coefficient (Wildman–Crippen LogP) is 3.54. The van der Waals surface area contributed by atoms with E-state index < -0.39 is 10.1 Å². The number of aryl methyl sites for hydroxylation is 1. The Hall–Kier alpha value is -3.25.